The third-order valence-corrected chi connectivity index (χ3v) is 6.21. The molecule has 170 valence electrons. The van der Waals surface area contributed by atoms with Crippen LogP contribution in [0.4, 0.5) is 16.2 Å². The van der Waals surface area contributed by atoms with E-state index in [1.165, 1.54) is 16.8 Å². The van der Waals surface area contributed by atoms with Gasteiger partial charge in [-0.2, -0.15) is 0 Å². The SMILES string of the molecule is Cc1cccc(N2C(=O)NC(=O)/C(=C\c3ccc4c(c3)CCCN4Cc3ccccc3)C2=O)c1. The minimum absolute atomic E-state index is 0.0574. The van der Waals surface area contributed by atoms with Crippen LogP contribution in [0.5, 0.6) is 0 Å². The Morgan fingerprint density at radius 1 is 0.941 bits per heavy atom. The van der Waals surface area contributed by atoms with Crippen LogP contribution in [0.1, 0.15) is 28.7 Å². The Morgan fingerprint density at radius 3 is 2.56 bits per heavy atom. The number of carbonyl (C=O) groups excluding carboxylic acids is 3. The second-order valence-corrected chi connectivity index (χ2v) is 8.70. The molecule has 2 aliphatic heterocycles. The first kappa shape index (κ1) is 21.6. The molecule has 3 aromatic carbocycles. The molecule has 0 aromatic heterocycles. The van der Waals surface area contributed by atoms with Gasteiger partial charge in [-0.3, -0.25) is 14.9 Å². The first-order valence-electron chi connectivity index (χ1n) is 11.4. The molecule has 0 atom stereocenters. The summed E-state index contributed by atoms with van der Waals surface area (Å²) in [6.45, 7) is 3.70. The fourth-order valence-electron chi connectivity index (χ4n) is 4.58. The van der Waals surface area contributed by atoms with Crippen LogP contribution in [0.3, 0.4) is 0 Å². The summed E-state index contributed by atoms with van der Waals surface area (Å²) in [5.74, 6) is -1.30. The van der Waals surface area contributed by atoms with Crippen LogP contribution in [0.2, 0.25) is 0 Å². The lowest BCUT2D eigenvalue weighted by Gasteiger charge is -2.32. The zero-order valence-electron chi connectivity index (χ0n) is 19.0. The lowest BCUT2D eigenvalue weighted by Crippen LogP contribution is -2.54. The summed E-state index contributed by atoms with van der Waals surface area (Å²) in [5, 5.41) is 2.30. The molecular formula is C28H25N3O3. The number of benzene rings is 3. The molecule has 2 aliphatic rings. The first-order chi connectivity index (χ1) is 16.5. The van der Waals surface area contributed by atoms with Gasteiger partial charge in [-0.1, -0.05) is 48.5 Å². The van der Waals surface area contributed by atoms with E-state index >= 15 is 0 Å². The van der Waals surface area contributed by atoms with Crippen molar-refractivity contribution in [3.63, 3.8) is 0 Å². The Morgan fingerprint density at radius 2 is 1.76 bits per heavy atom. The lowest BCUT2D eigenvalue weighted by atomic mass is 9.97. The molecular weight excluding hydrogens is 426 g/mol. The third kappa shape index (κ3) is 4.22. The van der Waals surface area contributed by atoms with Crippen molar-refractivity contribution in [2.75, 3.05) is 16.3 Å². The Bertz CT molecular complexity index is 1310. The molecule has 1 N–H and O–H groups in total. The molecule has 34 heavy (non-hydrogen) atoms. The molecule has 0 radical (unpaired) electrons. The molecule has 0 saturated carbocycles. The van der Waals surface area contributed by atoms with Crippen molar-refractivity contribution >= 4 is 35.3 Å². The number of rotatable bonds is 4. The largest absolute Gasteiger partial charge is 0.367 e. The van der Waals surface area contributed by atoms with Crippen LogP contribution in [-0.4, -0.2) is 24.4 Å². The van der Waals surface area contributed by atoms with Crippen LogP contribution in [-0.2, 0) is 22.6 Å². The highest BCUT2D eigenvalue weighted by molar-refractivity contribution is 6.39. The number of urea groups is 1. The highest BCUT2D eigenvalue weighted by atomic mass is 16.2. The van der Waals surface area contributed by atoms with Crippen LogP contribution in [0.15, 0.2) is 78.4 Å². The Kier molecular flexibility index (Phi) is 5.72. The predicted molar refractivity (Wildman–Crippen MR) is 132 cm³/mol. The molecule has 4 amide bonds. The fourth-order valence-corrected chi connectivity index (χ4v) is 4.58. The zero-order chi connectivity index (χ0) is 23.7. The Hall–Kier alpha value is -4.19. The summed E-state index contributed by atoms with van der Waals surface area (Å²) >= 11 is 0. The minimum atomic E-state index is -0.736. The normalized spacial score (nSPS) is 17.1. The first-order valence-corrected chi connectivity index (χ1v) is 11.4. The van der Waals surface area contributed by atoms with E-state index in [0.29, 0.717) is 5.69 Å². The average Bonchev–Trinajstić information content (AvgIpc) is 2.82. The maximum absolute atomic E-state index is 13.2. The third-order valence-electron chi connectivity index (χ3n) is 6.21. The standard InChI is InChI=1S/C28H25N3O3/c1-19-7-5-11-23(15-19)31-27(33)24(26(32)29-28(31)34)17-21-12-13-25-22(16-21)10-6-14-30(25)18-20-8-3-2-4-9-20/h2-5,7-9,11-13,15-17H,6,10,14,18H2,1H3,(H,29,32,34)/b24-17+. The van der Waals surface area contributed by atoms with Crippen molar-refractivity contribution in [3.8, 4) is 0 Å². The van der Waals surface area contributed by atoms with Gasteiger partial charge in [-0.25, -0.2) is 9.69 Å². The van der Waals surface area contributed by atoms with E-state index in [1.807, 2.05) is 43.3 Å². The highest BCUT2D eigenvalue weighted by Gasteiger charge is 2.36. The van der Waals surface area contributed by atoms with Gasteiger partial charge in [0.2, 0.25) is 0 Å². The van der Waals surface area contributed by atoms with Gasteiger partial charge >= 0.3 is 6.03 Å². The van der Waals surface area contributed by atoms with Gasteiger partial charge in [0.05, 0.1) is 5.69 Å². The molecule has 0 bridgehead atoms. The average molecular weight is 452 g/mol. The van der Waals surface area contributed by atoms with Gasteiger partial charge in [0.25, 0.3) is 11.8 Å². The van der Waals surface area contributed by atoms with Crippen molar-refractivity contribution in [2.45, 2.75) is 26.3 Å². The summed E-state index contributed by atoms with van der Waals surface area (Å²) in [5.41, 5.74) is 5.67. The van der Waals surface area contributed by atoms with E-state index in [9.17, 15) is 14.4 Å². The number of amides is 4. The molecule has 0 aliphatic carbocycles. The summed E-state index contributed by atoms with van der Waals surface area (Å²) in [6, 6.07) is 22.7. The number of anilines is 2. The molecule has 1 fully saturated rings. The zero-order valence-corrected chi connectivity index (χ0v) is 19.0. The number of hydrogen-bond acceptors (Lipinski definition) is 4. The van der Waals surface area contributed by atoms with Crippen molar-refractivity contribution in [1.82, 2.24) is 5.32 Å². The molecule has 5 rings (SSSR count). The van der Waals surface area contributed by atoms with Gasteiger partial charge in [-0.15, -0.1) is 0 Å². The monoisotopic (exact) mass is 451 g/mol. The van der Waals surface area contributed by atoms with E-state index < -0.39 is 17.8 Å². The van der Waals surface area contributed by atoms with Gasteiger partial charge in [-0.05, 0) is 72.4 Å². The van der Waals surface area contributed by atoms with Crippen LogP contribution < -0.4 is 15.1 Å². The minimum Gasteiger partial charge on any atom is -0.367 e. The summed E-state index contributed by atoms with van der Waals surface area (Å²) in [6.07, 6.45) is 3.55. The summed E-state index contributed by atoms with van der Waals surface area (Å²) < 4.78 is 0. The summed E-state index contributed by atoms with van der Waals surface area (Å²) in [4.78, 5) is 41.5. The molecule has 3 aromatic rings. The number of hydrogen-bond donors (Lipinski definition) is 1. The van der Waals surface area contributed by atoms with E-state index in [-0.39, 0.29) is 5.57 Å². The number of nitrogens with one attached hydrogen (secondary N) is 1. The Labute approximate surface area is 198 Å². The maximum atomic E-state index is 13.2. The quantitative estimate of drug-likeness (QED) is 0.464. The van der Waals surface area contributed by atoms with Crippen LogP contribution in [0, 0.1) is 6.92 Å². The number of carbonyl (C=O) groups is 3. The van der Waals surface area contributed by atoms with E-state index in [4.69, 9.17) is 0 Å². The number of fused-ring (bicyclic) bond motifs is 1. The maximum Gasteiger partial charge on any atom is 0.335 e. The number of imide groups is 2. The Balaban J connectivity index is 1.44. The van der Waals surface area contributed by atoms with Gasteiger partial charge in [0.15, 0.2) is 0 Å². The molecule has 0 unspecified atom stereocenters. The van der Waals surface area contributed by atoms with E-state index in [0.717, 1.165) is 42.0 Å². The highest BCUT2D eigenvalue weighted by Crippen LogP contribution is 2.31. The second kappa shape index (κ2) is 8.98. The second-order valence-electron chi connectivity index (χ2n) is 8.70. The molecule has 2 heterocycles. The lowest BCUT2D eigenvalue weighted by molar-refractivity contribution is -0.122. The summed E-state index contributed by atoms with van der Waals surface area (Å²) in [7, 11) is 0. The number of barbiturate groups is 1. The molecule has 6 nitrogen and oxygen atoms in total. The smallest absolute Gasteiger partial charge is 0.335 e. The van der Waals surface area contributed by atoms with Crippen molar-refractivity contribution in [1.29, 1.82) is 0 Å². The van der Waals surface area contributed by atoms with Gasteiger partial charge < -0.3 is 4.90 Å². The fraction of sp³-hybridized carbons (Fsp3) is 0.179. The van der Waals surface area contributed by atoms with Crippen LogP contribution >= 0.6 is 0 Å². The molecule has 1 saturated heterocycles. The number of aryl methyl sites for hydroxylation is 2. The van der Waals surface area contributed by atoms with Crippen LogP contribution in [0.25, 0.3) is 6.08 Å². The van der Waals surface area contributed by atoms with E-state index in [1.54, 1.807) is 24.3 Å². The van der Waals surface area contributed by atoms with Gasteiger partial charge in [0.1, 0.15) is 5.57 Å². The topological polar surface area (TPSA) is 69.7 Å². The predicted octanol–water partition coefficient (Wildman–Crippen LogP) is 4.61. The van der Waals surface area contributed by atoms with Gasteiger partial charge in [0, 0.05) is 18.8 Å². The van der Waals surface area contributed by atoms with E-state index in [2.05, 4.69) is 28.4 Å². The van der Waals surface area contributed by atoms with Crippen molar-refractivity contribution < 1.29 is 14.4 Å². The molecule has 6 heteroatoms. The molecule has 0 spiro atoms. The van der Waals surface area contributed by atoms with Crippen molar-refractivity contribution in [3.05, 3.63) is 101 Å². The number of nitrogens with zero attached hydrogens (tertiary/aromatic N) is 2. The van der Waals surface area contributed by atoms with Crippen molar-refractivity contribution in [2.24, 2.45) is 0 Å².